The summed E-state index contributed by atoms with van der Waals surface area (Å²) in [6.45, 7) is 5.37. The summed E-state index contributed by atoms with van der Waals surface area (Å²) in [5.74, 6) is -1.39. The first-order valence-corrected chi connectivity index (χ1v) is 4.99. The minimum Gasteiger partial charge on any atom is -0.480 e. The summed E-state index contributed by atoms with van der Waals surface area (Å²) in [6, 6.07) is 3.70. The van der Waals surface area contributed by atoms with Gasteiger partial charge in [-0.2, -0.15) is 0 Å². The molecule has 4 nitrogen and oxygen atoms in total. The molecule has 4 heteroatoms. The Bertz CT molecular complexity index is 438. The minimum absolute atomic E-state index is 0.344. The number of nitrogens with one attached hydrogen (secondary N) is 1. The Morgan fingerprint density at radius 3 is 2.25 bits per heavy atom. The van der Waals surface area contributed by atoms with Crippen LogP contribution in [0.4, 0.5) is 0 Å². The summed E-state index contributed by atoms with van der Waals surface area (Å²) < 4.78 is 0. The smallest absolute Gasteiger partial charge is 0.322 e. The van der Waals surface area contributed by atoms with Gasteiger partial charge in [0.25, 0.3) is 5.91 Å². The number of rotatable bonds is 3. The molecular formula is C12H15NO3. The number of carbonyl (C=O) groups excluding carboxylic acids is 1. The number of carboxylic acid groups (broad SMARTS) is 1. The summed E-state index contributed by atoms with van der Waals surface area (Å²) in [7, 11) is 0. The molecule has 0 aliphatic heterocycles. The molecule has 0 saturated carbocycles. The Morgan fingerprint density at radius 2 is 1.69 bits per heavy atom. The molecule has 86 valence electrons. The van der Waals surface area contributed by atoms with Crippen LogP contribution >= 0.6 is 0 Å². The summed E-state index contributed by atoms with van der Waals surface area (Å²) in [5, 5.41) is 10.8. The van der Waals surface area contributed by atoms with Crippen molar-refractivity contribution < 1.29 is 14.7 Å². The van der Waals surface area contributed by atoms with E-state index in [-0.39, 0.29) is 12.5 Å². The highest BCUT2D eigenvalue weighted by Crippen LogP contribution is 2.14. The van der Waals surface area contributed by atoms with Crippen molar-refractivity contribution in [3.8, 4) is 0 Å². The van der Waals surface area contributed by atoms with Crippen LogP contribution in [0.5, 0.6) is 0 Å². The van der Waals surface area contributed by atoms with Gasteiger partial charge < -0.3 is 10.4 Å². The number of benzene rings is 1. The highest BCUT2D eigenvalue weighted by atomic mass is 16.4. The van der Waals surface area contributed by atoms with E-state index in [1.54, 1.807) is 6.07 Å². The maximum Gasteiger partial charge on any atom is 0.322 e. The Morgan fingerprint density at radius 1 is 1.12 bits per heavy atom. The van der Waals surface area contributed by atoms with Crippen molar-refractivity contribution >= 4 is 11.9 Å². The fourth-order valence-corrected chi connectivity index (χ4v) is 1.46. The minimum atomic E-state index is -1.05. The van der Waals surface area contributed by atoms with E-state index in [0.29, 0.717) is 5.56 Å². The average molecular weight is 221 g/mol. The molecule has 16 heavy (non-hydrogen) atoms. The van der Waals surface area contributed by atoms with Crippen LogP contribution in [0.25, 0.3) is 0 Å². The molecule has 1 rings (SSSR count). The second kappa shape index (κ2) is 4.79. The standard InChI is InChI=1S/C12H15NO3/c1-7-4-9(3)10(5-8(7)2)12(16)13-6-11(14)15/h4-5H,6H2,1-3H3,(H,13,16)(H,14,15). The SMILES string of the molecule is Cc1cc(C)c(C(=O)NCC(=O)O)cc1C. The first-order valence-electron chi connectivity index (χ1n) is 4.99. The Hall–Kier alpha value is -1.84. The fourth-order valence-electron chi connectivity index (χ4n) is 1.46. The van der Waals surface area contributed by atoms with Crippen molar-refractivity contribution in [3.05, 3.63) is 34.4 Å². The van der Waals surface area contributed by atoms with Crippen LogP contribution in [0, 0.1) is 20.8 Å². The van der Waals surface area contributed by atoms with Gasteiger partial charge in [0.15, 0.2) is 0 Å². The van der Waals surface area contributed by atoms with Gasteiger partial charge in [0.2, 0.25) is 0 Å². The molecule has 0 aliphatic carbocycles. The van der Waals surface area contributed by atoms with Gasteiger partial charge in [-0.3, -0.25) is 9.59 Å². The van der Waals surface area contributed by atoms with E-state index >= 15 is 0 Å². The van der Waals surface area contributed by atoms with Crippen molar-refractivity contribution in [2.45, 2.75) is 20.8 Å². The lowest BCUT2D eigenvalue weighted by atomic mass is 10.0. The first kappa shape index (κ1) is 12.2. The van der Waals surface area contributed by atoms with Gasteiger partial charge in [0, 0.05) is 5.56 Å². The second-order valence-electron chi connectivity index (χ2n) is 3.83. The van der Waals surface area contributed by atoms with Crippen LogP contribution in [-0.4, -0.2) is 23.5 Å². The third-order valence-electron chi connectivity index (χ3n) is 2.49. The number of amides is 1. The monoisotopic (exact) mass is 221 g/mol. The van der Waals surface area contributed by atoms with E-state index in [1.165, 1.54) is 0 Å². The van der Waals surface area contributed by atoms with Gasteiger partial charge in [0.05, 0.1) is 0 Å². The summed E-state index contributed by atoms with van der Waals surface area (Å²) in [5.41, 5.74) is 3.52. The van der Waals surface area contributed by atoms with E-state index in [0.717, 1.165) is 16.7 Å². The van der Waals surface area contributed by atoms with Crippen LogP contribution in [-0.2, 0) is 4.79 Å². The van der Waals surface area contributed by atoms with Crippen LogP contribution in [0.3, 0.4) is 0 Å². The lowest BCUT2D eigenvalue weighted by molar-refractivity contribution is -0.135. The lowest BCUT2D eigenvalue weighted by Gasteiger charge is -2.09. The van der Waals surface area contributed by atoms with E-state index in [4.69, 9.17) is 5.11 Å². The van der Waals surface area contributed by atoms with Gasteiger partial charge in [0.1, 0.15) is 6.54 Å². The van der Waals surface area contributed by atoms with Crippen molar-refractivity contribution in [2.75, 3.05) is 6.54 Å². The van der Waals surface area contributed by atoms with Crippen LogP contribution in [0.2, 0.25) is 0 Å². The predicted octanol–water partition coefficient (Wildman–Crippen LogP) is 1.43. The third kappa shape index (κ3) is 2.82. The second-order valence-corrected chi connectivity index (χ2v) is 3.83. The van der Waals surface area contributed by atoms with Gasteiger partial charge in [-0.05, 0) is 43.5 Å². The zero-order valence-corrected chi connectivity index (χ0v) is 9.63. The quantitative estimate of drug-likeness (QED) is 0.811. The molecule has 0 unspecified atom stereocenters. The number of carbonyl (C=O) groups is 2. The Labute approximate surface area is 94.3 Å². The topological polar surface area (TPSA) is 66.4 Å². The molecule has 0 spiro atoms. The van der Waals surface area contributed by atoms with Crippen molar-refractivity contribution in [2.24, 2.45) is 0 Å². The van der Waals surface area contributed by atoms with Crippen molar-refractivity contribution in [3.63, 3.8) is 0 Å². The van der Waals surface area contributed by atoms with E-state index in [2.05, 4.69) is 5.32 Å². The fraction of sp³-hybridized carbons (Fsp3) is 0.333. The van der Waals surface area contributed by atoms with Crippen molar-refractivity contribution in [1.82, 2.24) is 5.32 Å². The molecule has 0 heterocycles. The first-order chi connectivity index (χ1) is 7.41. The number of aliphatic carboxylic acids is 1. The third-order valence-corrected chi connectivity index (χ3v) is 2.49. The molecule has 1 aromatic rings. The van der Waals surface area contributed by atoms with Gasteiger partial charge in [-0.1, -0.05) is 6.07 Å². The zero-order chi connectivity index (χ0) is 12.3. The molecule has 0 saturated heterocycles. The predicted molar refractivity (Wildman–Crippen MR) is 60.6 cm³/mol. The Balaban J connectivity index is 2.91. The molecule has 0 atom stereocenters. The van der Waals surface area contributed by atoms with Crippen molar-refractivity contribution in [1.29, 1.82) is 0 Å². The Kier molecular flexibility index (Phi) is 3.66. The summed E-state index contributed by atoms with van der Waals surface area (Å²) >= 11 is 0. The molecule has 1 amide bonds. The molecule has 0 radical (unpaired) electrons. The molecule has 0 aliphatic rings. The highest BCUT2D eigenvalue weighted by Gasteiger charge is 2.11. The number of hydrogen-bond donors (Lipinski definition) is 2. The molecule has 0 fully saturated rings. The van der Waals surface area contributed by atoms with Gasteiger partial charge in [-0.15, -0.1) is 0 Å². The zero-order valence-electron chi connectivity index (χ0n) is 9.63. The van der Waals surface area contributed by atoms with Crippen LogP contribution < -0.4 is 5.32 Å². The molecule has 0 aromatic heterocycles. The molecule has 0 bridgehead atoms. The van der Waals surface area contributed by atoms with Crippen LogP contribution in [0.15, 0.2) is 12.1 Å². The highest BCUT2D eigenvalue weighted by molar-refractivity contribution is 5.97. The molecule has 2 N–H and O–H groups in total. The van der Waals surface area contributed by atoms with Gasteiger partial charge >= 0.3 is 5.97 Å². The normalized spacial score (nSPS) is 9.94. The van der Waals surface area contributed by atoms with E-state index < -0.39 is 5.97 Å². The van der Waals surface area contributed by atoms with E-state index in [9.17, 15) is 9.59 Å². The maximum atomic E-state index is 11.7. The number of carboxylic acids is 1. The van der Waals surface area contributed by atoms with Gasteiger partial charge in [-0.25, -0.2) is 0 Å². The van der Waals surface area contributed by atoms with E-state index in [1.807, 2.05) is 26.8 Å². The molecule has 1 aromatic carbocycles. The summed E-state index contributed by atoms with van der Waals surface area (Å²) in [6.07, 6.45) is 0. The maximum absolute atomic E-state index is 11.7. The summed E-state index contributed by atoms with van der Waals surface area (Å²) in [4.78, 5) is 22.0. The average Bonchev–Trinajstić information content (AvgIpc) is 2.20. The molecular weight excluding hydrogens is 206 g/mol. The lowest BCUT2D eigenvalue weighted by Crippen LogP contribution is -2.29. The number of hydrogen-bond acceptors (Lipinski definition) is 2. The largest absolute Gasteiger partial charge is 0.480 e. The van der Waals surface area contributed by atoms with Crippen LogP contribution in [0.1, 0.15) is 27.0 Å². The number of aryl methyl sites for hydroxylation is 3.